The van der Waals surface area contributed by atoms with Gasteiger partial charge in [-0.2, -0.15) is 0 Å². The summed E-state index contributed by atoms with van der Waals surface area (Å²) in [7, 11) is 0. The van der Waals surface area contributed by atoms with E-state index in [9.17, 15) is 5.11 Å². The minimum Gasteiger partial charge on any atom is -0.512 e. The smallest absolute Gasteiger partial charge is 0.0925 e. The third kappa shape index (κ3) is 2.90. The molecule has 0 spiro atoms. The van der Waals surface area contributed by atoms with E-state index in [0.717, 1.165) is 12.3 Å². The van der Waals surface area contributed by atoms with E-state index in [2.05, 4.69) is 33.8 Å². The van der Waals surface area contributed by atoms with Crippen LogP contribution in [0.1, 0.15) is 40.5 Å². The molecule has 2 unspecified atom stereocenters. The van der Waals surface area contributed by atoms with Crippen molar-refractivity contribution in [2.45, 2.75) is 40.5 Å². The summed E-state index contributed by atoms with van der Waals surface area (Å²) in [6.45, 7) is 8.94. The first-order chi connectivity index (χ1) is 6.50. The highest BCUT2D eigenvalue weighted by molar-refractivity contribution is 5.19. The summed E-state index contributed by atoms with van der Waals surface area (Å²) < 4.78 is 0. The van der Waals surface area contributed by atoms with Crippen LogP contribution in [0.25, 0.3) is 0 Å². The van der Waals surface area contributed by atoms with Crippen molar-refractivity contribution in [2.75, 3.05) is 0 Å². The number of hydrogen-bond donors (Lipinski definition) is 1. The maximum absolute atomic E-state index is 9.55. The second-order valence-corrected chi connectivity index (χ2v) is 4.99. The van der Waals surface area contributed by atoms with E-state index in [4.69, 9.17) is 0 Å². The van der Waals surface area contributed by atoms with Crippen LogP contribution in [-0.2, 0) is 0 Å². The van der Waals surface area contributed by atoms with E-state index in [-0.39, 0.29) is 0 Å². The molecule has 2 atom stereocenters. The number of allylic oxidation sites excluding steroid dienone is 4. The Balaban J connectivity index is 2.75. The van der Waals surface area contributed by atoms with Crippen LogP contribution in [0.2, 0.25) is 0 Å². The molecule has 80 valence electrons. The van der Waals surface area contributed by atoms with Crippen molar-refractivity contribution in [2.24, 2.45) is 17.8 Å². The summed E-state index contributed by atoms with van der Waals surface area (Å²) >= 11 is 0. The van der Waals surface area contributed by atoms with Crippen molar-refractivity contribution < 1.29 is 5.11 Å². The summed E-state index contributed by atoms with van der Waals surface area (Å²) in [6, 6.07) is 0. The SMILES string of the molecule is CC1=CC=C(O)CC(C)C1CC(C)C. The second kappa shape index (κ2) is 4.68. The molecular weight excluding hydrogens is 172 g/mol. The predicted octanol–water partition coefficient (Wildman–Crippen LogP) is 4.08. The molecule has 0 saturated carbocycles. The summed E-state index contributed by atoms with van der Waals surface area (Å²) in [5.41, 5.74) is 1.41. The largest absolute Gasteiger partial charge is 0.512 e. The van der Waals surface area contributed by atoms with Crippen molar-refractivity contribution in [1.29, 1.82) is 0 Å². The number of hydrogen-bond acceptors (Lipinski definition) is 1. The Kier molecular flexibility index (Phi) is 3.79. The Morgan fingerprint density at radius 1 is 1.43 bits per heavy atom. The normalized spacial score (nSPS) is 28.4. The number of aliphatic hydroxyl groups excluding tert-OH is 1. The van der Waals surface area contributed by atoms with Crippen LogP contribution < -0.4 is 0 Å². The van der Waals surface area contributed by atoms with Crippen molar-refractivity contribution in [1.82, 2.24) is 0 Å². The van der Waals surface area contributed by atoms with Gasteiger partial charge in [0.25, 0.3) is 0 Å². The molecular formula is C13H22O. The zero-order chi connectivity index (χ0) is 10.7. The molecule has 0 aromatic rings. The summed E-state index contributed by atoms with van der Waals surface area (Å²) in [5, 5.41) is 9.55. The molecule has 1 heteroatoms. The monoisotopic (exact) mass is 194 g/mol. The van der Waals surface area contributed by atoms with Gasteiger partial charge < -0.3 is 5.11 Å². The first-order valence-corrected chi connectivity index (χ1v) is 5.57. The van der Waals surface area contributed by atoms with Crippen molar-refractivity contribution in [3.8, 4) is 0 Å². The highest BCUT2D eigenvalue weighted by Gasteiger charge is 2.22. The quantitative estimate of drug-likeness (QED) is 0.702. The van der Waals surface area contributed by atoms with Crippen molar-refractivity contribution in [3.63, 3.8) is 0 Å². The lowest BCUT2D eigenvalue weighted by Gasteiger charge is -2.25. The van der Waals surface area contributed by atoms with Crippen LogP contribution in [0.5, 0.6) is 0 Å². The van der Waals surface area contributed by atoms with E-state index < -0.39 is 0 Å². The maximum atomic E-state index is 9.55. The Morgan fingerprint density at radius 3 is 2.64 bits per heavy atom. The van der Waals surface area contributed by atoms with Crippen LogP contribution in [0, 0.1) is 17.8 Å². The molecule has 0 amide bonds. The van der Waals surface area contributed by atoms with Crippen LogP contribution >= 0.6 is 0 Å². The molecule has 0 saturated heterocycles. The summed E-state index contributed by atoms with van der Waals surface area (Å²) in [6.07, 6.45) is 5.98. The fourth-order valence-corrected chi connectivity index (χ4v) is 2.27. The molecule has 0 fully saturated rings. The van der Waals surface area contributed by atoms with Gasteiger partial charge in [-0.15, -0.1) is 0 Å². The van der Waals surface area contributed by atoms with Gasteiger partial charge in [0, 0.05) is 6.42 Å². The third-order valence-corrected chi connectivity index (χ3v) is 3.07. The molecule has 1 rings (SSSR count). The van der Waals surface area contributed by atoms with Crippen LogP contribution in [0.3, 0.4) is 0 Å². The standard InChI is InChI=1S/C13H22O/c1-9(2)7-13-10(3)5-6-12(14)8-11(13)4/h5-6,9,11,13-14H,7-8H2,1-4H3. The number of aliphatic hydroxyl groups is 1. The van der Waals surface area contributed by atoms with Gasteiger partial charge >= 0.3 is 0 Å². The average Bonchev–Trinajstić information content (AvgIpc) is 2.18. The fourth-order valence-electron chi connectivity index (χ4n) is 2.27. The van der Waals surface area contributed by atoms with Crippen molar-refractivity contribution >= 4 is 0 Å². The number of rotatable bonds is 2. The van der Waals surface area contributed by atoms with Gasteiger partial charge in [-0.05, 0) is 37.2 Å². The Morgan fingerprint density at radius 2 is 2.07 bits per heavy atom. The molecule has 0 aromatic carbocycles. The van der Waals surface area contributed by atoms with E-state index in [0.29, 0.717) is 17.6 Å². The maximum Gasteiger partial charge on any atom is 0.0925 e. The summed E-state index contributed by atoms with van der Waals surface area (Å²) in [4.78, 5) is 0. The molecule has 0 bridgehead atoms. The summed E-state index contributed by atoms with van der Waals surface area (Å²) in [5.74, 6) is 2.46. The van der Waals surface area contributed by atoms with Crippen LogP contribution in [0.15, 0.2) is 23.5 Å². The lowest BCUT2D eigenvalue weighted by molar-refractivity contribution is 0.296. The van der Waals surface area contributed by atoms with Gasteiger partial charge in [-0.3, -0.25) is 0 Å². The predicted molar refractivity (Wildman–Crippen MR) is 61.2 cm³/mol. The molecule has 1 N–H and O–H groups in total. The zero-order valence-corrected chi connectivity index (χ0v) is 9.75. The lowest BCUT2D eigenvalue weighted by Crippen LogP contribution is -2.15. The molecule has 1 aliphatic carbocycles. The fraction of sp³-hybridized carbons (Fsp3) is 0.692. The first-order valence-electron chi connectivity index (χ1n) is 5.57. The zero-order valence-electron chi connectivity index (χ0n) is 9.75. The van der Waals surface area contributed by atoms with Gasteiger partial charge in [0.2, 0.25) is 0 Å². The van der Waals surface area contributed by atoms with Gasteiger partial charge in [0.1, 0.15) is 0 Å². The molecule has 1 nitrogen and oxygen atoms in total. The average molecular weight is 194 g/mol. The first kappa shape index (κ1) is 11.4. The topological polar surface area (TPSA) is 20.2 Å². The van der Waals surface area contributed by atoms with E-state index >= 15 is 0 Å². The van der Waals surface area contributed by atoms with Gasteiger partial charge in [0.15, 0.2) is 0 Å². The van der Waals surface area contributed by atoms with Crippen molar-refractivity contribution in [3.05, 3.63) is 23.5 Å². The Labute approximate surface area is 87.5 Å². The Hall–Kier alpha value is -0.720. The third-order valence-electron chi connectivity index (χ3n) is 3.07. The van der Waals surface area contributed by atoms with Gasteiger partial charge in [-0.1, -0.05) is 32.4 Å². The van der Waals surface area contributed by atoms with Gasteiger partial charge in [-0.25, -0.2) is 0 Å². The lowest BCUT2D eigenvalue weighted by atomic mass is 9.81. The minimum atomic E-state index is 0.531. The van der Waals surface area contributed by atoms with E-state index in [1.165, 1.54) is 12.0 Å². The molecule has 14 heavy (non-hydrogen) atoms. The highest BCUT2D eigenvalue weighted by atomic mass is 16.3. The van der Waals surface area contributed by atoms with Crippen LogP contribution in [-0.4, -0.2) is 5.11 Å². The minimum absolute atomic E-state index is 0.531. The molecule has 0 heterocycles. The van der Waals surface area contributed by atoms with Gasteiger partial charge in [0.05, 0.1) is 5.76 Å². The molecule has 1 aliphatic rings. The Bertz CT molecular complexity index is 248. The van der Waals surface area contributed by atoms with Crippen LogP contribution in [0.4, 0.5) is 0 Å². The molecule has 0 aliphatic heterocycles. The molecule has 0 radical (unpaired) electrons. The second-order valence-electron chi connectivity index (χ2n) is 4.99. The van der Waals surface area contributed by atoms with E-state index in [1.807, 2.05) is 6.08 Å². The highest BCUT2D eigenvalue weighted by Crippen LogP contribution is 2.33. The van der Waals surface area contributed by atoms with E-state index in [1.54, 1.807) is 0 Å². The molecule has 0 aromatic heterocycles.